The van der Waals surface area contributed by atoms with Gasteiger partial charge in [0.05, 0.1) is 11.8 Å². The normalized spacial score (nSPS) is 16.8. The summed E-state index contributed by atoms with van der Waals surface area (Å²) in [6, 6.07) is 20.6. The van der Waals surface area contributed by atoms with Gasteiger partial charge in [0.15, 0.2) is 0 Å². The van der Waals surface area contributed by atoms with Crippen molar-refractivity contribution in [1.82, 2.24) is 0 Å². The third-order valence-electron chi connectivity index (χ3n) is 5.15. The van der Waals surface area contributed by atoms with Gasteiger partial charge in [0, 0.05) is 5.56 Å². The molecule has 0 amide bonds. The second-order valence-electron chi connectivity index (χ2n) is 7.31. The van der Waals surface area contributed by atoms with Crippen LogP contribution >= 0.6 is 0 Å². The van der Waals surface area contributed by atoms with E-state index in [0.29, 0.717) is 5.92 Å². The minimum atomic E-state index is 0.0181. The highest BCUT2D eigenvalue weighted by atomic mass is 16.3. The zero-order valence-electron chi connectivity index (χ0n) is 15.4. The SMILES string of the molecule is CC1=CC(c2c(O)ccc3ccccc23)=NC1c1ccc(C(C)C)cc1. The summed E-state index contributed by atoms with van der Waals surface area (Å²) < 4.78 is 0. The minimum absolute atomic E-state index is 0.0181. The molecule has 0 spiro atoms. The van der Waals surface area contributed by atoms with Gasteiger partial charge in [0.25, 0.3) is 0 Å². The maximum Gasteiger partial charge on any atom is 0.125 e. The van der Waals surface area contributed by atoms with Gasteiger partial charge in [-0.05, 0) is 52.5 Å². The van der Waals surface area contributed by atoms with Crippen LogP contribution in [0.3, 0.4) is 0 Å². The van der Waals surface area contributed by atoms with Gasteiger partial charge in [0.1, 0.15) is 5.75 Å². The van der Waals surface area contributed by atoms with Crippen molar-refractivity contribution in [2.75, 3.05) is 0 Å². The molecule has 0 bridgehead atoms. The first-order chi connectivity index (χ1) is 12.5. The molecule has 1 atom stereocenters. The number of hydrogen-bond donors (Lipinski definition) is 1. The average molecular weight is 341 g/mol. The predicted molar refractivity (Wildman–Crippen MR) is 109 cm³/mol. The van der Waals surface area contributed by atoms with Gasteiger partial charge in [-0.15, -0.1) is 0 Å². The van der Waals surface area contributed by atoms with Crippen molar-refractivity contribution in [2.24, 2.45) is 4.99 Å². The monoisotopic (exact) mass is 341 g/mol. The Morgan fingerprint density at radius 2 is 1.65 bits per heavy atom. The summed E-state index contributed by atoms with van der Waals surface area (Å²) in [5, 5.41) is 12.6. The maximum absolute atomic E-state index is 10.5. The Bertz CT molecular complexity index is 1030. The van der Waals surface area contributed by atoms with Crippen molar-refractivity contribution in [1.29, 1.82) is 0 Å². The molecule has 3 aromatic carbocycles. The lowest BCUT2D eigenvalue weighted by molar-refractivity contribution is 0.475. The van der Waals surface area contributed by atoms with Crippen molar-refractivity contribution in [3.8, 4) is 5.75 Å². The van der Waals surface area contributed by atoms with Crippen LogP contribution in [0, 0.1) is 0 Å². The van der Waals surface area contributed by atoms with E-state index in [1.165, 1.54) is 16.7 Å². The Hall–Kier alpha value is -2.87. The molecule has 2 heteroatoms. The second kappa shape index (κ2) is 6.45. The number of rotatable bonds is 3. The van der Waals surface area contributed by atoms with E-state index in [0.717, 1.165) is 22.0 Å². The molecule has 1 aliphatic heterocycles. The predicted octanol–water partition coefficient (Wildman–Crippen LogP) is 6.16. The number of phenols is 1. The molecular formula is C24H23NO. The standard InChI is InChI=1S/C24H23NO/c1-15(2)17-8-10-19(11-9-17)24-16(3)14-21(25-24)23-20-7-5-4-6-18(20)12-13-22(23)26/h4-15,24,26H,1-3H3. The van der Waals surface area contributed by atoms with E-state index in [1.54, 1.807) is 6.07 Å². The Morgan fingerprint density at radius 1 is 0.923 bits per heavy atom. The molecule has 1 aliphatic rings. The highest BCUT2D eigenvalue weighted by molar-refractivity contribution is 6.19. The van der Waals surface area contributed by atoms with Crippen LogP contribution in [0.1, 0.15) is 49.4 Å². The Labute approximate surface area is 154 Å². The molecule has 1 N–H and O–H groups in total. The first-order valence-electron chi connectivity index (χ1n) is 9.11. The lowest BCUT2D eigenvalue weighted by atomic mass is 9.96. The zero-order chi connectivity index (χ0) is 18.3. The van der Waals surface area contributed by atoms with Gasteiger partial charge >= 0.3 is 0 Å². The lowest BCUT2D eigenvalue weighted by Crippen LogP contribution is -1.98. The molecular weight excluding hydrogens is 318 g/mol. The fourth-order valence-corrected chi connectivity index (χ4v) is 3.64. The highest BCUT2D eigenvalue weighted by Gasteiger charge is 2.23. The molecule has 4 rings (SSSR count). The van der Waals surface area contributed by atoms with Crippen LogP contribution in [-0.2, 0) is 0 Å². The second-order valence-corrected chi connectivity index (χ2v) is 7.31. The summed E-state index contributed by atoms with van der Waals surface area (Å²) in [5.74, 6) is 0.804. The van der Waals surface area contributed by atoms with Crippen molar-refractivity contribution >= 4 is 16.5 Å². The summed E-state index contributed by atoms with van der Waals surface area (Å²) in [5.41, 5.74) is 5.41. The Kier molecular flexibility index (Phi) is 4.12. The van der Waals surface area contributed by atoms with Crippen LogP contribution in [-0.4, -0.2) is 10.8 Å². The van der Waals surface area contributed by atoms with E-state index in [9.17, 15) is 5.11 Å². The van der Waals surface area contributed by atoms with E-state index in [1.807, 2.05) is 24.3 Å². The van der Waals surface area contributed by atoms with Crippen LogP contribution in [0.15, 0.2) is 77.3 Å². The molecule has 3 aromatic rings. The van der Waals surface area contributed by atoms with Gasteiger partial charge in [-0.1, -0.05) is 68.4 Å². The van der Waals surface area contributed by atoms with Crippen molar-refractivity contribution in [3.63, 3.8) is 0 Å². The summed E-state index contributed by atoms with van der Waals surface area (Å²) in [6.07, 6.45) is 2.10. The molecule has 130 valence electrons. The van der Waals surface area contributed by atoms with Crippen LogP contribution in [0.25, 0.3) is 10.8 Å². The van der Waals surface area contributed by atoms with Crippen molar-refractivity contribution in [3.05, 3.63) is 89.0 Å². The number of fused-ring (bicyclic) bond motifs is 1. The first-order valence-corrected chi connectivity index (χ1v) is 9.11. The maximum atomic E-state index is 10.5. The van der Waals surface area contributed by atoms with E-state index < -0.39 is 0 Å². The molecule has 0 aliphatic carbocycles. The molecule has 26 heavy (non-hydrogen) atoms. The topological polar surface area (TPSA) is 32.6 Å². The summed E-state index contributed by atoms with van der Waals surface area (Å²) in [4.78, 5) is 4.96. The summed E-state index contributed by atoms with van der Waals surface area (Å²) >= 11 is 0. The third kappa shape index (κ3) is 2.82. The molecule has 0 saturated carbocycles. The number of benzene rings is 3. The van der Waals surface area contributed by atoms with Gasteiger partial charge in [-0.25, -0.2) is 0 Å². The molecule has 1 unspecified atom stereocenters. The highest BCUT2D eigenvalue weighted by Crippen LogP contribution is 2.36. The fraction of sp³-hybridized carbons (Fsp3) is 0.208. The third-order valence-corrected chi connectivity index (χ3v) is 5.15. The smallest absolute Gasteiger partial charge is 0.125 e. The fourth-order valence-electron chi connectivity index (χ4n) is 3.64. The van der Waals surface area contributed by atoms with Crippen LogP contribution < -0.4 is 0 Å². The lowest BCUT2D eigenvalue weighted by Gasteiger charge is -2.12. The zero-order valence-corrected chi connectivity index (χ0v) is 15.4. The number of aromatic hydroxyl groups is 1. The van der Waals surface area contributed by atoms with Gasteiger partial charge < -0.3 is 5.11 Å². The Morgan fingerprint density at radius 3 is 2.38 bits per heavy atom. The molecule has 0 saturated heterocycles. The quantitative estimate of drug-likeness (QED) is 0.608. The number of allylic oxidation sites excluding steroid dienone is 1. The first kappa shape index (κ1) is 16.6. The van der Waals surface area contributed by atoms with E-state index in [2.05, 4.69) is 57.2 Å². The van der Waals surface area contributed by atoms with Crippen LogP contribution in [0.5, 0.6) is 5.75 Å². The van der Waals surface area contributed by atoms with Crippen molar-refractivity contribution < 1.29 is 5.11 Å². The molecule has 2 nitrogen and oxygen atoms in total. The molecule has 1 heterocycles. The van der Waals surface area contributed by atoms with Crippen LogP contribution in [0.2, 0.25) is 0 Å². The average Bonchev–Trinajstić information content (AvgIpc) is 3.03. The van der Waals surface area contributed by atoms with E-state index in [-0.39, 0.29) is 11.8 Å². The van der Waals surface area contributed by atoms with Gasteiger partial charge in [-0.3, -0.25) is 4.99 Å². The minimum Gasteiger partial charge on any atom is -0.507 e. The summed E-state index contributed by atoms with van der Waals surface area (Å²) in [6.45, 7) is 6.52. The van der Waals surface area contributed by atoms with E-state index >= 15 is 0 Å². The van der Waals surface area contributed by atoms with Crippen LogP contribution in [0.4, 0.5) is 0 Å². The van der Waals surface area contributed by atoms with E-state index in [4.69, 9.17) is 4.99 Å². The van der Waals surface area contributed by atoms with Crippen molar-refractivity contribution in [2.45, 2.75) is 32.7 Å². The summed E-state index contributed by atoms with van der Waals surface area (Å²) in [7, 11) is 0. The van der Waals surface area contributed by atoms with Gasteiger partial charge in [0.2, 0.25) is 0 Å². The molecule has 0 radical (unpaired) electrons. The number of hydrogen-bond acceptors (Lipinski definition) is 2. The molecule has 0 fully saturated rings. The molecule has 0 aromatic heterocycles. The Balaban J connectivity index is 1.78. The number of aliphatic imine (C=N–C) groups is 1. The van der Waals surface area contributed by atoms with Gasteiger partial charge in [-0.2, -0.15) is 0 Å². The number of phenolic OH excluding ortho intramolecular Hbond substituents is 1. The number of nitrogens with zero attached hydrogens (tertiary/aromatic N) is 1. The largest absolute Gasteiger partial charge is 0.507 e.